The molecule has 0 spiro atoms. The summed E-state index contributed by atoms with van der Waals surface area (Å²) >= 11 is 0. The molecule has 0 heterocycles. The minimum Gasteiger partial charge on any atom is -0.497 e. The molecule has 1 atom stereocenters. The Labute approximate surface area is 194 Å². The number of methoxy groups -OCH3 is 1. The highest BCUT2D eigenvalue weighted by atomic mass is 32.2. The van der Waals surface area contributed by atoms with E-state index in [0.29, 0.717) is 12.2 Å². The van der Waals surface area contributed by atoms with Crippen LogP contribution in [0.5, 0.6) is 5.75 Å². The lowest BCUT2D eigenvalue weighted by Gasteiger charge is -2.26. The van der Waals surface area contributed by atoms with Gasteiger partial charge in [-0.25, -0.2) is 12.8 Å². The van der Waals surface area contributed by atoms with Gasteiger partial charge in [0.1, 0.15) is 18.1 Å². The number of halogens is 1. The van der Waals surface area contributed by atoms with Crippen LogP contribution in [0.4, 0.5) is 10.1 Å². The lowest BCUT2D eigenvalue weighted by Crippen LogP contribution is -2.42. The summed E-state index contributed by atoms with van der Waals surface area (Å²) in [4.78, 5) is 12.9. The number of amides is 1. The number of hydrogen-bond donors (Lipinski definition) is 1. The molecule has 8 heteroatoms. The number of carbonyl (C=O) groups excluding carboxylic acids is 1. The summed E-state index contributed by atoms with van der Waals surface area (Å²) in [7, 11) is -2.76. The molecule has 0 saturated heterocycles. The molecule has 0 saturated carbocycles. The summed E-state index contributed by atoms with van der Waals surface area (Å²) in [5, 5.41) is 2.88. The number of nitrogens with zero attached hydrogens (tertiary/aromatic N) is 1. The first-order valence-corrected chi connectivity index (χ1v) is 12.0. The van der Waals surface area contributed by atoms with Gasteiger partial charge in [-0.1, -0.05) is 48.9 Å². The predicted molar refractivity (Wildman–Crippen MR) is 126 cm³/mol. The van der Waals surface area contributed by atoms with Gasteiger partial charge >= 0.3 is 0 Å². The van der Waals surface area contributed by atoms with Crippen LogP contribution in [0, 0.1) is 12.7 Å². The average Bonchev–Trinajstić information content (AvgIpc) is 2.82. The second-order valence-electron chi connectivity index (χ2n) is 7.58. The van der Waals surface area contributed by atoms with Crippen LogP contribution in [0.25, 0.3) is 0 Å². The van der Waals surface area contributed by atoms with E-state index in [4.69, 9.17) is 4.74 Å². The fourth-order valence-electron chi connectivity index (χ4n) is 3.42. The smallest absolute Gasteiger partial charge is 0.264 e. The van der Waals surface area contributed by atoms with Crippen LogP contribution < -0.4 is 14.4 Å². The molecule has 1 unspecified atom stereocenters. The van der Waals surface area contributed by atoms with Crippen LogP contribution in [-0.4, -0.2) is 28.0 Å². The highest BCUT2D eigenvalue weighted by Gasteiger charge is 2.29. The van der Waals surface area contributed by atoms with Crippen LogP contribution in [0.3, 0.4) is 0 Å². The van der Waals surface area contributed by atoms with Gasteiger partial charge in [-0.2, -0.15) is 0 Å². The quantitative estimate of drug-likeness (QED) is 0.496. The molecule has 6 nitrogen and oxygen atoms in total. The fraction of sp³-hybridized carbons (Fsp3) is 0.240. The maximum absolute atomic E-state index is 14.6. The van der Waals surface area contributed by atoms with Crippen LogP contribution in [0.1, 0.15) is 30.5 Å². The summed E-state index contributed by atoms with van der Waals surface area (Å²) in [5.41, 5.74) is 1.80. The summed E-state index contributed by atoms with van der Waals surface area (Å²) in [6, 6.07) is 18.6. The van der Waals surface area contributed by atoms with E-state index < -0.39 is 28.3 Å². The second-order valence-corrected chi connectivity index (χ2v) is 9.44. The molecule has 1 amide bonds. The molecule has 3 rings (SSSR count). The average molecular weight is 471 g/mol. The van der Waals surface area contributed by atoms with E-state index in [2.05, 4.69) is 5.32 Å². The fourth-order valence-corrected chi connectivity index (χ4v) is 4.85. The Balaban J connectivity index is 1.92. The van der Waals surface area contributed by atoms with Crippen molar-refractivity contribution in [2.75, 3.05) is 18.0 Å². The number of rotatable bonds is 9. The van der Waals surface area contributed by atoms with Crippen LogP contribution in [0.2, 0.25) is 0 Å². The highest BCUT2D eigenvalue weighted by Crippen LogP contribution is 2.27. The topological polar surface area (TPSA) is 75.7 Å². The molecule has 0 fully saturated rings. The maximum atomic E-state index is 14.6. The molecule has 0 bridgehead atoms. The maximum Gasteiger partial charge on any atom is 0.264 e. The van der Waals surface area contributed by atoms with E-state index in [9.17, 15) is 17.6 Å². The molecule has 3 aromatic carbocycles. The predicted octanol–water partition coefficient (Wildman–Crippen LogP) is 4.61. The zero-order valence-corrected chi connectivity index (χ0v) is 19.6. The number of nitrogens with one attached hydrogen (secondary N) is 1. The van der Waals surface area contributed by atoms with Crippen molar-refractivity contribution in [3.05, 3.63) is 89.7 Å². The zero-order chi connectivity index (χ0) is 24.0. The first kappa shape index (κ1) is 24.3. The van der Waals surface area contributed by atoms with Crippen molar-refractivity contribution in [1.82, 2.24) is 5.32 Å². The number of anilines is 1. The van der Waals surface area contributed by atoms with Gasteiger partial charge < -0.3 is 10.1 Å². The van der Waals surface area contributed by atoms with Crippen molar-refractivity contribution in [1.29, 1.82) is 0 Å². The number of ether oxygens (including phenoxy) is 1. The van der Waals surface area contributed by atoms with Gasteiger partial charge in [-0.05, 0) is 55.3 Å². The number of para-hydroxylation sites is 1. The molecule has 33 heavy (non-hydrogen) atoms. The van der Waals surface area contributed by atoms with Gasteiger partial charge in [-0.3, -0.25) is 9.10 Å². The Morgan fingerprint density at radius 2 is 1.67 bits per heavy atom. The van der Waals surface area contributed by atoms with Crippen molar-refractivity contribution in [3.63, 3.8) is 0 Å². The van der Waals surface area contributed by atoms with Crippen molar-refractivity contribution in [3.8, 4) is 5.75 Å². The Hall–Kier alpha value is -3.39. The van der Waals surface area contributed by atoms with E-state index in [1.54, 1.807) is 0 Å². The third kappa shape index (κ3) is 5.70. The third-order valence-electron chi connectivity index (χ3n) is 5.28. The lowest BCUT2D eigenvalue weighted by atomic mass is 10.0. The zero-order valence-electron chi connectivity index (χ0n) is 18.8. The van der Waals surface area contributed by atoms with E-state index in [-0.39, 0.29) is 16.6 Å². The van der Waals surface area contributed by atoms with E-state index in [1.165, 1.54) is 49.6 Å². The Morgan fingerprint density at radius 3 is 2.24 bits per heavy atom. The lowest BCUT2D eigenvalue weighted by molar-refractivity contribution is -0.120. The number of hydrogen-bond acceptors (Lipinski definition) is 4. The number of carbonyl (C=O) groups is 1. The van der Waals surface area contributed by atoms with Gasteiger partial charge in [0, 0.05) is 0 Å². The second kappa shape index (κ2) is 10.5. The SMILES string of the molecule is CCC(NC(=O)CN(c1ccccc1F)S(=O)(=O)c1ccc(OC)cc1)c1ccc(C)cc1. The molecule has 3 aromatic rings. The van der Waals surface area contributed by atoms with Crippen molar-refractivity contribution >= 4 is 21.6 Å². The summed E-state index contributed by atoms with van der Waals surface area (Å²) in [6.45, 7) is 3.32. The molecular weight excluding hydrogens is 443 g/mol. The standard InChI is InChI=1S/C25H27FN2O4S/c1-4-23(19-11-9-18(2)10-12-19)27-25(29)17-28(24-8-6-5-7-22(24)26)33(30,31)21-15-13-20(32-3)14-16-21/h5-16,23H,4,17H2,1-3H3,(H,27,29). The number of sulfonamides is 1. The van der Waals surface area contributed by atoms with Gasteiger partial charge in [0.2, 0.25) is 5.91 Å². The summed E-state index contributed by atoms with van der Waals surface area (Å²) in [6.07, 6.45) is 0.611. The monoisotopic (exact) mass is 470 g/mol. The third-order valence-corrected chi connectivity index (χ3v) is 7.05. The van der Waals surface area contributed by atoms with Gasteiger partial charge in [0.25, 0.3) is 10.0 Å². The Bertz CT molecular complexity index is 1200. The molecule has 0 aliphatic carbocycles. The van der Waals surface area contributed by atoms with Crippen molar-refractivity contribution in [2.24, 2.45) is 0 Å². The normalized spacial score (nSPS) is 12.1. The van der Waals surface area contributed by atoms with Crippen LogP contribution in [0.15, 0.2) is 77.7 Å². The molecule has 0 aliphatic heterocycles. The van der Waals surface area contributed by atoms with E-state index in [0.717, 1.165) is 21.5 Å². The Morgan fingerprint density at radius 1 is 1.03 bits per heavy atom. The molecule has 174 valence electrons. The van der Waals surface area contributed by atoms with Crippen LogP contribution in [-0.2, 0) is 14.8 Å². The van der Waals surface area contributed by atoms with E-state index in [1.807, 2.05) is 38.1 Å². The van der Waals surface area contributed by atoms with Crippen molar-refractivity contribution in [2.45, 2.75) is 31.2 Å². The molecule has 0 aromatic heterocycles. The van der Waals surface area contributed by atoms with Gasteiger partial charge in [0.15, 0.2) is 0 Å². The molecule has 0 radical (unpaired) electrons. The summed E-state index contributed by atoms with van der Waals surface area (Å²) in [5.74, 6) is -0.802. The van der Waals surface area contributed by atoms with Crippen molar-refractivity contribution < 1.29 is 22.3 Å². The summed E-state index contributed by atoms with van der Waals surface area (Å²) < 4.78 is 47.3. The number of aryl methyl sites for hydroxylation is 1. The first-order chi connectivity index (χ1) is 15.8. The Kier molecular flexibility index (Phi) is 7.71. The van der Waals surface area contributed by atoms with E-state index >= 15 is 0 Å². The molecule has 1 N–H and O–H groups in total. The first-order valence-electron chi connectivity index (χ1n) is 10.5. The minimum absolute atomic E-state index is 0.0788. The van der Waals surface area contributed by atoms with Gasteiger partial charge in [-0.15, -0.1) is 0 Å². The number of benzene rings is 3. The minimum atomic E-state index is -4.23. The largest absolute Gasteiger partial charge is 0.497 e. The molecular formula is C25H27FN2O4S. The highest BCUT2D eigenvalue weighted by molar-refractivity contribution is 7.92. The van der Waals surface area contributed by atoms with Gasteiger partial charge in [0.05, 0.1) is 23.7 Å². The molecule has 0 aliphatic rings. The van der Waals surface area contributed by atoms with Crippen LogP contribution >= 0.6 is 0 Å².